The summed E-state index contributed by atoms with van der Waals surface area (Å²) in [5, 5.41) is 20.3. The van der Waals surface area contributed by atoms with Crippen LogP contribution in [0.25, 0.3) is 0 Å². The van der Waals surface area contributed by atoms with Gasteiger partial charge in [0.05, 0.1) is 16.2 Å². The van der Waals surface area contributed by atoms with Crippen molar-refractivity contribution in [3.05, 3.63) is 63.7 Å². The van der Waals surface area contributed by atoms with Crippen LogP contribution in [0.5, 0.6) is 5.75 Å². The van der Waals surface area contributed by atoms with Gasteiger partial charge in [0.2, 0.25) is 0 Å². The minimum absolute atomic E-state index is 0.0607. The van der Waals surface area contributed by atoms with Crippen molar-refractivity contribution in [1.29, 1.82) is 0 Å². The van der Waals surface area contributed by atoms with Crippen molar-refractivity contribution in [3.63, 3.8) is 0 Å². The predicted molar refractivity (Wildman–Crippen MR) is 76.4 cm³/mol. The summed E-state index contributed by atoms with van der Waals surface area (Å²) in [6.45, 7) is 0. The van der Waals surface area contributed by atoms with Crippen molar-refractivity contribution in [1.82, 2.24) is 0 Å². The Morgan fingerprint density at radius 3 is 2.80 bits per heavy atom. The van der Waals surface area contributed by atoms with Gasteiger partial charge in [-0.2, -0.15) is 0 Å². The molecule has 20 heavy (non-hydrogen) atoms. The van der Waals surface area contributed by atoms with Gasteiger partial charge in [-0.25, -0.2) is 0 Å². The Morgan fingerprint density at radius 1 is 1.30 bits per heavy atom. The minimum atomic E-state index is -0.529. The second-order valence-electron chi connectivity index (χ2n) is 3.95. The van der Waals surface area contributed by atoms with E-state index in [0.29, 0.717) is 11.3 Å². The molecule has 2 aromatic carbocycles. The third kappa shape index (κ3) is 3.00. The summed E-state index contributed by atoms with van der Waals surface area (Å²) >= 11 is 0. The van der Waals surface area contributed by atoms with Crippen molar-refractivity contribution >= 4 is 17.6 Å². The van der Waals surface area contributed by atoms with E-state index in [1.165, 1.54) is 24.4 Å². The van der Waals surface area contributed by atoms with Crippen LogP contribution in [0.4, 0.5) is 11.4 Å². The van der Waals surface area contributed by atoms with Crippen LogP contribution in [-0.4, -0.2) is 16.2 Å². The number of nitrogens with zero attached hydrogens (tertiary/aromatic N) is 2. The number of hydrogen-bond donors (Lipinski definition) is 1. The lowest BCUT2D eigenvalue weighted by Gasteiger charge is -1.99. The van der Waals surface area contributed by atoms with Gasteiger partial charge in [0.1, 0.15) is 5.75 Å². The van der Waals surface area contributed by atoms with Crippen LogP contribution in [0, 0.1) is 22.5 Å². The predicted octanol–water partition coefficient (Wildman–Crippen LogP) is 3.03. The first kappa shape index (κ1) is 13.3. The topological polar surface area (TPSA) is 75.7 Å². The number of rotatable bonds is 3. The van der Waals surface area contributed by atoms with E-state index in [1.54, 1.807) is 24.3 Å². The summed E-state index contributed by atoms with van der Waals surface area (Å²) in [7, 11) is 0. The molecular formula is C15H10N2O3. The molecule has 2 aromatic rings. The Kier molecular flexibility index (Phi) is 3.77. The Hall–Kier alpha value is -3.13. The average molecular weight is 266 g/mol. The second kappa shape index (κ2) is 5.67. The van der Waals surface area contributed by atoms with Gasteiger partial charge in [0.25, 0.3) is 5.69 Å². The third-order valence-corrected chi connectivity index (χ3v) is 2.57. The first-order valence-corrected chi connectivity index (χ1v) is 5.68. The Balaban J connectivity index is 2.38. The molecule has 5 heteroatoms. The van der Waals surface area contributed by atoms with Crippen molar-refractivity contribution in [3.8, 4) is 18.1 Å². The molecule has 0 radical (unpaired) electrons. The van der Waals surface area contributed by atoms with Crippen molar-refractivity contribution in [2.24, 2.45) is 4.99 Å². The zero-order valence-corrected chi connectivity index (χ0v) is 10.4. The summed E-state index contributed by atoms with van der Waals surface area (Å²) in [6.07, 6.45) is 6.61. The molecule has 5 nitrogen and oxygen atoms in total. The van der Waals surface area contributed by atoms with E-state index >= 15 is 0 Å². The van der Waals surface area contributed by atoms with Crippen LogP contribution in [0.1, 0.15) is 11.1 Å². The quantitative estimate of drug-likeness (QED) is 0.401. The Bertz CT molecular complexity index is 730. The molecule has 0 spiro atoms. The van der Waals surface area contributed by atoms with Crippen LogP contribution in [-0.2, 0) is 0 Å². The Labute approximate surface area is 115 Å². The summed E-state index contributed by atoms with van der Waals surface area (Å²) in [5.41, 5.74) is 1.35. The average Bonchev–Trinajstić information content (AvgIpc) is 2.45. The highest BCUT2D eigenvalue weighted by Gasteiger charge is 2.12. The maximum atomic E-state index is 10.9. The molecule has 98 valence electrons. The van der Waals surface area contributed by atoms with E-state index in [2.05, 4.69) is 10.9 Å². The van der Waals surface area contributed by atoms with Crippen LogP contribution in [0.15, 0.2) is 47.5 Å². The van der Waals surface area contributed by atoms with Crippen LogP contribution in [0.3, 0.4) is 0 Å². The SMILES string of the molecule is C#Cc1cccc(N=Cc2cc(O)ccc2[N+](=O)[O-])c1. The first-order chi connectivity index (χ1) is 9.60. The lowest BCUT2D eigenvalue weighted by Crippen LogP contribution is -1.94. The summed E-state index contributed by atoms with van der Waals surface area (Å²) in [6, 6.07) is 10.7. The van der Waals surface area contributed by atoms with Gasteiger partial charge in [-0.3, -0.25) is 15.1 Å². The van der Waals surface area contributed by atoms with E-state index in [0.717, 1.165) is 0 Å². The van der Waals surface area contributed by atoms with Crippen molar-refractivity contribution < 1.29 is 10.0 Å². The molecule has 0 heterocycles. The molecule has 0 aromatic heterocycles. The van der Waals surface area contributed by atoms with Crippen molar-refractivity contribution in [2.75, 3.05) is 0 Å². The van der Waals surface area contributed by atoms with Crippen LogP contribution in [0.2, 0.25) is 0 Å². The molecule has 0 amide bonds. The molecule has 0 aliphatic heterocycles. The Morgan fingerprint density at radius 2 is 2.10 bits per heavy atom. The lowest BCUT2D eigenvalue weighted by molar-refractivity contribution is -0.385. The maximum Gasteiger partial charge on any atom is 0.278 e. The highest BCUT2D eigenvalue weighted by atomic mass is 16.6. The van der Waals surface area contributed by atoms with E-state index < -0.39 is 4.92 Å². The van der Waals surface area contributed by atoms with Gasteiger partial charge >= 0.3 is 0 Å². The molecule has 0 bridgehead atoms. The van der Waals surface area contributed by atoms with Crippen LogP contribution >= 0.6 is 0 Å². The fraction of sp³-hybridized carbons (Fsp3) is 0. The van der Waals surface area contributed by atoms with E-state index in [1.807, 2.05) is 0 Å². The number of benzene rings is 2. The number of hydrogen-bond acceptors (Lipinski definition) is 4. The van der Waals surface area contributed by atoms with E-state index in [9.17, 15) is 15.2 Å². The van der Waals surface area contributed by atoms with Gasteiger partial charge in [0.15, 0.2) is 0 Å². The number of terminal acetylenes is 1. The number of nitro groups is 1. The zero-order valence-electron chi connectivity index (χ0n) is 10.4. The molecule has 2 rings (SSSR count). The molecular weight excluding hydrogens is 256 g/mol. The largest absolute Gasteiger partial charge is 0.508 e. The number of aliphatic imine (C=N–C) groups is 1. The number of phenols is 1. The van der Waals surface area contributed by atoms with Gasteiger partial charge in [0, 0.05) is 17.8 Å². The number of aromatic hydroxyl groups is 1. The molecule has 0 fully saturated rings. The standard InChI is InChI=1S/C15H10N2O3/c1-2-11-4-3-5-13(8-11)16-10-12-9-14(18)6-7-15(12)17(19)20/h1,3-10,18H. The zero-order chi connectivity index (χ0) is 14.5. The normalized spacial score (nSPS) is 10.3. The molecule has 0 aliphatic carbocycles. The van der Waals surface area contributed by atoms with Gasteiger partial charge in [-0.05, 0) is 30.3 Å². The maximum absolute atomic E-state index is 10.9. The van der Waals surface area contributed by atoms with Gasteiger partial charge in [-0.15, -0.1) is 6.42 Å². The molecule has 0 atom stereocenters. The summed E-state index contributed by atoms with van der Waals surface area (Å²) in [5.74, 6) is 2.42. The molecule has 0 unspecified atom stereocenters. The monoisotopic (exact) mass is 266 g/mol. The second-order valence-corrected chi connectivity index (χ2v) is 3.95. The minimum Gasteiger partial charge on any atom is -0.508 e. The third-order valence-electron chi connectivity index (χ3n) is 2.57. The fourth-order valence-electron chi connectivity index (χ4n) is 1.63. The fourth-order valence-corrected chi connectivity index (χ4v) is 1.63. The summed E-state index contributed by atoms with van der Waals surface area (Å²) in [4.78, 5) is 14.5. The first-order valence-electron chi connectivity index (χ1n) is 5.68. The molecule has 0 saturated carbocycles. The van der Waals surface area contributed by atoms with E-state index in [-0.39, 0.29) is 17.0 Å². The van der Waals surface area contributed by atoms with Gasteiger partial charge in [-0.1, -0.05) is 12.0 Å². The lowest BCUT2D eigenvalue weighted by atomic mass is 10.2. The van der Waals surface area contributed by atoms with E-state index in [4.69, 9.17) is 6.42 Å². The number of phenolic OH excluding ortho intramolecular Hbond substituents is 1. The highest BCUT2D eigenvalue weighted by molar-refractivity contribution is 5.87. The number of nitro benzene ring substituents is 1. The molecule has 0 saturated heterocycles. The molecule has 0 aliphatic rings. The molecule has 1 N–H and O–H groups in total. The highest BCUT2D eigenvalue weighted by Crippen LogP contribution is 2.22. The smallest absolute Gasteiger partial charge is 0.278 e. The van der Waals surface area contributed by atoms with Crippen molar-refractivity contribution in [2.45, 2.75) is 0 Å². The van der Waals surface area contributed by atoms with Crippen LogP contribution < -0.4 is 0 Å². The van der Waals surface area contributed by atoms with Gasteiger partial charge < -0.3 is 5.11 Å². The summed E-state index contributed by atoms with van der Waals surface area (Å²) < 4.78 is 0.